The number of nitrogens with one attached hydrogen (secondary N) is 1. The second kappa shape index (κ2) is 6.05. The molecule has 1 rings (SSSR count). The minimum absolute atomic E-state index is 0.812. The highest BCUT2D eigenvalue weighted by Gasteiger charge is 2.12. The summed E-state index contributed by atoms with van der Waals surface area (Å²) in [7, 11) is 1.65. The van der Waals surface area contributed by atoms with Gasteiger partial charge >= 0.3 is 0 Å². The second-order valence-corrected chi connectivity index (χ2v) is 4.23. The summed E-state index contributed by atoms with van der Waals surface area (Å²) in [6.45, 7) is 13.8. The van der Waals surface area contributed by atoms with Crippen molar-refractivity contribution in [2.24, 2.45) is 5.10 Å². The zero-order valence-electron chi connectivity index (χ0n) is 11.5. The smallest absolute Gasteiger partial charge is 0.0924 e. The van der Waals surface area contributed by atoms with Crippen molar-refractivity contribution < 1.29 is 4.74 Å². The van der Waals surface area contributed by atoms with Gasteiger partial charge in [-0.15, -0.1) is 0 Å². The molecule has 0 aromatic rings. The van der Waals surface area contributed by atoms with Crippen molar-refractivity contribution in [2.45, 2.75) is 20.8 Å². The first kappa shape index (κ1) is 14.0. The number of hydrazone groups is 1. The fourth-order valence-corrected chi connectivity index (χ4v) is 1.52. The van der Waals surface area contributed by atoms with Crippen LogP contribution in [0.3, 0.4) is 0 Å². The van der Waals surface area contributed by atoms with Gasteiger partial charge in [0.15, 0.2) is 0 Å². The molecule has 1 N–H and O–H groups in total. The minimum atomic E-state index is 0.812. The molecule has 0 spiro atoms. The SMILES string of the molecule is C=C1NN=CC(/C(=C/C=C(\C)OC)C(=C)C)=C1C. The first-order valence-electron chi connectivity index (χ1n) is 5.75. The van der Waals surface area contributed by atoms with Crippen molar-refractivity contribution in [3.8, 4) is 0 Å². The molecule has 0 saturated heterocycles. The quantitative estimate of drug-likeness (QED) is 0.607. The Bertz CT molecular complexity index is 491. The van der Waals surface area contributed by atoms with Crippen LogP contribution in [0.2, 0.25) is 0 Å². The summed E-state index contributed by atoms with van der Waals surface area (Å²) in [4.78, 5) is 0. The third-order valence-electron chi connectivity index (χ3n) is 2.81. The number of rotatable bonds is 4. The van der Waals surface area contributed by atoms with E-state index in [2.05, 4.69) is 23.7 Å². The van der Waals surface area contributed by atoms with Gasteiger partial charge in [-0.2, -0.15) is 5.10 Å². The molecule has 1 heterocycles. The molecule has 1 aliphatic rings. The van der Waals surface area contributed by atoms with Crippen LogP contribution in [0.25, 0.3) is 0 Å². The molecule has 0 unspecified atom stereocenters. The summed E-state index contributed by atoms with van der Waals surface area (Å²) >= 11 is 0. The summed E-state index contributed by atoms with van der Waals surface area (Å²) in [6.07, 6.45) is 5.70. The summed E-state index contributed by atoms with van der Waals surface area (Å²) in [5.41, 5.74) is 7.78. The molecular formula is C15H20N2O. The molecule has 3 heteroatoms. The minimum Gasteiger partial charge on any atom is -0.501 e. The van der Waals surface area contributed by atoms with Crippen molar-refractivity contribution in [2.75, 3.05) is 7.11 Å². The van der Waals surface area contributed by atoms with Crippen LogP contribution in [0.4, 0.5) is 0 Å². The summed E-state index contributed by atoms with van der Waals surface area (Å²) in [5.74, 6) is 0.844. The Morgan fingerprint density at radius 1 is 1.39 bits per heavy atom. The van der Waals surface area contributed by atoms with Crippen molar-refractivity contribution in [3.05, 3.63) is 59.1 Å². The molecule has 0 fully saturated rings. The topological polar surface area (TPSA) is 33.6 Å². The summed E-state index contributed by atoms with van der Waals surface area (Å²) in [5, 5.41) is 4.07. The Hall–Kier alpha value is -2.03. The molecule has 18 heavy (non-hydrogen) atoms. The number of hydrogen-bond acceptors (Lipinski definition) is 3. The fourth-order valence-electron chi connectivity index (χ4n) is 1.52. The van der Waals surface area contributed by atoms with Crippen molar-refractivity contribution in [1.29, 1.82) is 0 Å². The summed E-state index contributed by atoms with van der Waals surface area (Å²) < 4.78 is 5.12. The highest BCUT2D eigenvalue weighted by molar-refractivity contribution is 5.89. The Morgan fingerprint density at radius 2 is 2.06 bits per heavy atom. The van der Waals surface area contributed by atoms with Crippen molar-refractivity contribution in [1.82, 2.24) is 5.43 Å². The van der Waals surface area contributed by atoms with Gasteiger partial charge in [-0.05, 0) is 38.0 Å². The van der Waals surface area contributed by atoms with Crippen LogP contribution in [-0.2, 0) is 4.74 Å². The van der Waals surface area contributed by atoms with E-state index in [0.29, 0.717) is 0 Å². The lowest BCUT2D eigenvalue weighted by Gasteiger charge is -2.17. The Labute approximate surface area is 109 Å². The van der Waals surface area contributed by atoms with Crippen LogP contribution >= 0.6 is 0 Å². The van der Waals surface area contributed by atoms with Gasteiger partial charge in [-0.25, -0.2) is 0 Å². The van der Waals surface area contributed by atoms with E-state index in [1.165, 1.54) is 0 Å². The Morgan fingerprint density at radius 3 is 2.61 bits per heavy atom. The standard InChI is InChI=1S/C15H20N2O/c1-10(2)14(8-7-11(3)18-6)15-9-16-17-13(5)12(15)4/h7-9,17H,1,5H2,2-4,6H3/b11-7+,14-8+. The Kier molecular flexibility index (Phi) is 4.72. The lowest BCUT2D eigenvalue weighted by Crippen LogP contribution is -2.14. The molecule has 0 bridgehead atoms. The van der Waals surface area contributed by atoms with Crippen LogP contribution in [-0.4, -0.2) is 13.3 Å². The van der Waals surface area contributed by atoms with Gasteiger partial charge in [-0.3, -0.25) is 5.43 Å². The Balaban J connectivity index is 3.23. The van der Waals surface area contributed by atoms with E-state index in [1.54, 1.807) is 13.3 Å². The van der Waals surface area contributed by atoms with Gasteiger partial charge in [0.2, 0.25) is 0 Å². The van der Waals surface area contributed by atoms with Crippen LogP contribution in [0.1, 0.15) is 20.8 Å². The van der Waals surface area contributed by atoms with Gasteiger partial charge < -0.3 is 4.74 Å². The third kappa shape index (κ3) is 3.23. The van der Waals surface area contributed by atoms with Crippen LogP contribution < -0.4 is 5.43 Å². The van der Waals surface area contributed by atoms with E-state index in [4.69, 9.17) is 4.74 Å². The van der Waals surface area contributed by atoms with Gasteiger partial charge in [0.05, 0.1) is 24.8 Å². The monoisotopic (exact) mass is 244 g/mol. The van der Waals surface area contributed by atoms with Gasteiger partial charge in [-0.1, -0.05) is 24.8 Å². The predicted octanol–water partition coefficient (Wildman–Crippen LogP) is 3.46. The molecule has 0 radical (unpaired) electrons. The molecule has 96 valence electrons. The number of allylic oxidation sites excluding steroid dienone is 7. The molecule has 0 aliphatic carbocycles. The third-order valence-corrected chi connectivity index (χ3v) is 2.81. The molecule has 0 amide bonds. The van der Waals surface area contributed by atoms with E-state index < -0.39 is 0 Å². The number of hydrogen-bond donors (Lipinski definition) is 1. The first-order valence-corrected chi connectivity index (χ1v) is 5.75. The van der Waals surface area contributed by atoms with Gasteiger partial charge in [0.25, 0.3) is 0 Å². The number of nitrogens with zero attached hydrogens (tertiary/aromatic N) is 1. The summed E-state index contributed by atoms with van der Waals surface area (Å²) in [6, 6.07) is 0. The van der Waals surface area contributed by atoms with E-state index in [-0.39, 0.29) is 0 Å². The number of ether oxygens (including phenoxy) is 1. The predicted molar refractivity (Wildman–Crippen MR) is 77.1 cm³/mol. The normalized spacial score (nSPS) is 16.8. The average molecular weight is 244 g/mol. The second-order valence-electron chi connectivity index (χ2n) is 4.23. The van der Waals surface area contributed by atoms with Crippen LogP contribution in [0.5, 0.6) is 0 Å². The van der Waals surface area contributed by atoms with E-state index in [1.807, 2.05) is 32.9 Å². The molecule has 0 aromatic carbocycles. The van der Waals surface area contributed by atoms with Gasteiger partial charge in [0.1, 0.15) is 0 Å². The lowest BCUT2D eigenvalue weighted by atomic mass is 9.94. The van der Waals surface area contributed by atoms with E-state index >= 15 is 0 Å². The molecule has 1 aliphatic heterocycles. The van der Waals surface area contributed by atoms with Crippen molar-refractivity contribution in [3.63, 3.8) is 0 Å². The highest BCUT2D eigenvalue weighted by atomic mass is 16.5. The van der Waals surface area contributed by atoms with Gasteiger partial charge in [0, 0.05) is 5.57 Å². The van der Waals surface area contributed by atoms with Crippen molar-refractivity contribution >= 4 is 6.21 Å². The van der Waals surface area contributed by atoms with Crippen LogP contribution in [0, 0.1) is 0 Å². The highest BCUT2D eigenvalue weighted by Crippen LogP contribution is 2.24. The zero-order valence-corrected chi connectivity index (χ0v) is 11.5. The van der Waals surface area contributed by atoms with E-state index in [0.717, 1.165) is 33.7 Å². The first-order chi connectivity index (χ1) is 8.47. The molecule has 0 saturated carbocycles. The largest absolute Gasteiger partial charge is 0.501 e. The fraction of sp³-hybridized carbons (Fsp3) is 0.267. The van der Waals surface area contributed by atoms with E-state index in [9.17, 15) is 0 Å². The maximum atomic E-state index is 5.12. The maximum Gasteiger partial charge on any atom is 0.0924 e. The zero-order chi connectivity index (χ0) is 13.7. The molecule has 0 atom stereocenters. The molecule has 0 aromatic heterocycles. The van der Waals surface area contributed by atoms with Crippen LogP contribution in [0.15, 0.2) is 64.2 Å². The molecular weight excluding hydrogens is 224 g/mol. The maximum absolute atomic E-state index is 5.12. The lowest BCUT2D eigenvalue weighted by molar-refractivity contribution is 0.294. The average Bonchev–Trinajstić information content (AvgIpc) is 2.33. The number of methoxy groups -OCH3 is 1. The molecule has 3 nitrogen and oxygen atoms in total.